The molecule has 1 aromatic rings. The Bertz CT molecular complexity index is 707. The number of benzene rings is 1. The predicted molar refractivity (Wildman–Crippen MR) is 97.3 cm³/mol. The van der Waals surface area contributed by atoms with E-state index in [0.29, 0.717) is 24.5 Å². The van der Waals surface area contributed by atoms with E-state index in [1.54, 1.807) is 12.5 Å². The predicted octanol–water partition coefficient (Wildman–Crippen LogP) is 3.19. The highest BCUT2D eigenvalue weighted by atomic mass is 35.5. The lowest BCUT2D eigenvalue weighted by Crippen LogP contribution is -2.53. The largest absolute Gasteiger partial charge is 0.302 e. The van der Waals surface area contributed by atoms with Crippen molar-refractivity contribution in [3.63, 3.8) is 0 Å². The molecular formula is C20H23ClN2O. The lowest BCUT2D eigenvalue weighted by Gasteiger charge is -2.34. The summed E-state index contributed by atoms with van der Waals surface area (Å²) >= 11 is 5.96. The average Bonchev–Trinajstić information content (AvgIpc) is 2.96. The average molecular weight is 343 g/mol. The summed E-state index contributed by atoms with van der Waals surface area (Å²) in [6.45, 7) is 1.68. The van der Waals surface area contributed by atoms with E-state index in [1.807, 2.05) is 24.3 Å². The minimum atomic E-state index is -0.145. The number of halogens is 1. The van der Waals surface area contributed by atoms with Gasteiger partial charge in [-0.25, -0.2) is 0 Å². The molecule has 0 amide bonds. The van der Waals surface area contributed by atoms with Crippen LogP contribution in [0.5, 0.6) is 0 Å². The van der Waals surface area contributed by atoms with Gasteiger partial charge in [-0.05, 0) is 61.4 Å². The summed E-state index contributed by atoms with van der Waals surface area (Å²) in [6.07, 6.45) is 8.62. The van der Waals surface area contributed by atoms with E-state index < -0.39 is 0 Å². The number of carbonyl (C=O) groups excluding carboxylic acids is 1. The second-order valence-corrected chi connectivity index (χ2v) is 7.61. The van der Waals surface area contributed by atoms with Crippen molar-refractivity contribution in [2.75, 3.05) is 0 Å². The summed E-state index contributed by atoms with van der Waals surface area (Å²) in [6, 6.07) is 8.82. The van der Waals surface area contributed by atoms with Crippen LogP contribution in [-0.2, 0) is 11.2 Å². The first kappa shape index (κ1) is 16.1. The minimum absolute atomic E-state index is 0.145. The molecule has 1 fully saturated rings. The fourth-order valence-corrected chi connectivity index (χ4v) is 4.37. The van der Waals surface area contributed by atoms with E-state index in [-0.39, 0.29) is 11.8 Å². The maximum atomic E-state index is 12.2. The summed E-state index contributed by atoms with van der Waals surface area (Å²) < 4.78 is 0. The topological polar surface area (TPSA) is 41.1 Å². The van der Waals surface area contributed by atoms with Crippen LogP contribution < -0.4 is 10.6 Å². The van der Waals surface area contributed by atoms with Crippen molar-refractivity contribution in [1.29, 1.82) is 0 Å². The lowest BCUT2D eigenvalue weighted by atomic mass is 9.82. The molecule has 24 heavy (non-hydrogen) atoms. The third kappa shape index (κ3) is 3.08. The molecule has 1 aromatic carbocycles. The van der Waals surface area contributed by atoms with Gasteiger partial charge in [0, 0.05) is 23.1 Å². The maximum Gasteiger partial charge on any atom is 0.147 e. The van der Waals surface area contributed by atoms with E-state index >= 15 is 0 Å². The normalized spacial score (nSPS) is 29.0. The highest BCUT2D eigenvalue weighted by Crippen LogP contribution is 2.37. The Hall–Kier alpha value is -1.42. The van der Waals surface area contributed by atoms with E-state index in [0.717, 1.165) is 29.8 Å². The van der Waals surface area contributed by atoms with Gasteiger partial charge in [-0.3, -0.25) is 4.79 Å². The van der Waals surface area contributed by atoms with Crippen molar-refractivity contribution in [3.05, 3.63) is 58.1 Å². The smallest absolute Gasteiger partial charge is 0.147 e. The summed E-state index contributed by atoms with van der Waals surface area (Å²) in [5.74, 6) is 0.198. The number of Topliss-reactive ketones (excluding diaryl/α,β-unsaturated/α-hetero) is 1. The van der Waals surface area contributed by atoms with Gasteiger partial charge in [-0.2, -0.15) is 0 Å². The zero-order chi connectivity index (χ0) is 16.7. The molecule has 4 heteroatoms. The van der Waals surface area contributed by atoms with Gasteiger partial charge >= 0.3 is 0 Å². The van der Waals surface area contributed by atoms with E-state index in [4.69, 9.17) is 11.6 Å². The third-order valence-corrected chi connectivity index (χ3v) is 5.79. The molecule has 1 saturated heterocycles. The molecular weight excluding hydrogens is 320 g/mol. The lowest BCUT2D eigenvalue weighted by molar-refractivity contribution is -0.119. The van der Waals surface area contributed by atoms with E-state index in [9.17, 15) is 4.79 Å². The molecule has 4 unspecified atom stereocenters. The van der Waals surface area contributed by atoms with Crippen LogP contribution in [0.2, 0.25) is 5.02 Å². The fraction of sp³-hybridized carbons (Fsp3) is 0.450. The van der Waals surface area contributed by atoms with Gasteiger partial charge in [0.25, 0.3) is 0 Å². The van der Waals surface area contributed by atoms with Crippen molar-refractivity contribution in [3.8, 4) is 0 Å². The summed E-state index contributed by atoms with van der Waals surface area (Å²) in [4.78, 5) is 12.2. The van der Waals surface area contributed by atoms with Crippen molar-refractivity contribution < 1.29 is 4.79 Å². The number of hydrogen-bond acceptors (Lipinski definition) is 3. The number of carbonyl (C=O) groups is 1. The van der Waals surface area contributed by atoms with Crippen molar-refractivity contribution in [1.82, 2.24) is 10.6 Å². The Labute approximate surface area is 148 Å². The summed E-state index contributed by atoms with van der Waals surface area (Å²) in [7, 11) is 0. The minimum Gasteiger partial charge on any atom is -0.302 e. The first-order chi connectivity index (χ1) is 11.6. The van der Waals surface area contributed by atoms with Crippen LogP contribution in [0.4, 0.5) is 0 Å². The first-order valence-electron chi connectivity index (χ1n) is 8.77. The highest BCUT2D eigenvalue weighted by Gasteiger charge is 2.40. The molecule has 4 rings (SSSR count). The Balaban J connectivity index is 1.48. The standard InChI is InChI=1S/C20H23ClN2O/c1-12(24)19(10-13-2-6-15(21)7-3-13)23-18-9-5-14-4-8-16-11-17(14)20(18)22-16/h2-4,6-8,16,18-20,22-23H,5,9-11H2,1H3. The Morgan fingerprint density at radius 3 is 2.92 bits per heavy atom. The molecule has 0 aromatic heterocycles. The number of nitrogens with one attached hydrogen (secondary N) is 2. The van der Waals surface area contributed by atoms with E-state index in [2.05, 4.69) is 22.8 Å². The summed E-state index contributed by atoms with van der Waals surface area (Å²) in [5, 5.41) is 8.10. The molecule has 2 aliphatic carbocycles. The number of hydrogen-bond donors (Lipinski definition) is 2. The number of fused-ring (bicyclic) bond motifs is 1. The first-order valence-corrected chi connectivity index (χ1v) is 9.15. The number of rotatable bonds is 5. The van der Waals surface area contributed by atoms with Crippen molar-refractivity contribution in [2.45, 2.75) is 56.8 Å². The van der Waals surface area contributed by atoms with Crippen LogP contribution in [0, 0.1) is 0 Å². The molecule has 2 N–H and O–H groups in total. The molecule has 1 heterocycles. The molecule has 1 aliphatic heterocycles. The van der Waals surface area contributed by atoms with Crippen LogP contribution in [0.15, 0.2) is 47.6 Å². The Kier molecular flexibility index (Phi) is 4.33. The molecule has 0 radical (unpaired) electrons. The van der Waals surface area contributed by atoms with Crippen molar-refractivity contribution >= 4 is 17.4 Å². The van der Waals surface area contributed by atoms with E-state index in [1.165, 1.54) is 5.57 Å². The zero-order valence-electron chi connectivity index (χ0n) is 13.9. The van der Waals surface area contributed by atoms with Crippen molar-refractivity contribution in [2.24, 2.45) is 0 Å². The highest BCUT2D eigenvalue weighted by molar-refractivity contribution is 6.30. The van der Waals surface area contributed by atoms with Crippen LogP contribution >= 0.6 is 11.6 Å². The van der Waals surface area contributed by atoms with Crippen LogP contribution in [0.25, 0.3) is 0 Å². The van der Waals surface area contributed by atoms with Gasteiger partial charge in [-0.15, -0.1) is 0 Å². The number of ketones is 1. The Morgan fingerprint density at radius 1 is 1.38 bits per heavy atom. The van der Waals surface area contributed by atoms with Gasteiger partial charge in [0.15, 0.2) is 0 Å². The zero-order valence-corrected chi connectivity index (χ0v) is 14.6. The Morgan fingerprint density at radius 2 is 2.17 bits per heavy atom. The molecule has 0 spiro atoms. The quantitative estimate of drug-likeness (QED) is 0.863. The monoisotopic (exact) mass is 342 g/mol. The molecule has 126 valence electrons. The molecule has 4 atom stereocenters. The van der Waals surface area contributed by atoms with Crippen LogP contribution in [0.1, 0.15) is 31.7 Å². The van der Waals surface area contributed by atoms with Gasteiger partial charge < -0.3 is 10.6 Å². The summed E-state index contributed by atoms with van der Waals surface area (Å²) in [5.41, 5.74) is 4.21. The molecule has 3 aliphatic rings. The fourth-order valence-electron chi connectivity index (χ4n) is 4.24. The second-order valence-electron chi connectivity index (χ2n) is 7.17. The van der Waals surface area contributed by atoms with Crippen LogP contribution in [-0.4, -0.2) is 30.0 Å². The van der Waals surface area contributed by atoms with Crippen LogP contribution in [0.3, 0.4) is 0 Å². The van der Waals surface area contributed by atoms with Gasteiger partial charge in [0.05, 0.1) is 6.04 Å². The van der Waals surface area contributed by atoms with Gasteiger partial charge in [-0.1, -0.05) is 35.9 Å². The SMILES string of the molecule is CC(=O)C(Cc1ccc(Cl)cc1)NC1CCC2=C3CC(C=C2)NC31. The molecule has 3 nitrogen and oxygen atoms in total. The number of allylic oxidation sites excluding steroid dienone is 2. The third-order valence-electron chi connectivity index (χ3n) is 5.54. The van der Waals surface area contributed by atoms with Gasteiger partial charge in [0.2, 0.25) is 0 Å². The molecule has 0 saturated carbocycles. The molecule has 2 bridgehead atoms. The maximum absolute atomic E-state index is 12.2. The second kappa shape index (κ2) is 6.47. The van der Waals surface area contributed by atoms with Gasteiger partial charge in [0.1, 0.15) is 5.78 Å².